The number of allylic oxidation sites excluding steroid dienone is 1. The summed E-state index contributed by atoms with van der Waals surface area (Å²) in [6.07, 6.45) is 3.25. The topological polar surface area (TPSA) is 174 Å². The van der Waals surface area contributed by atoms with E-state index in [2.05, 4.69) is 57.7 Å². The first-order valence-corrected chi connectivity index (χ1v) is 24.9. The third-order valence-corrected chi connectivity index (χ3v) is 15.2. The molecule has 6 aromatic rings. The number of carbonyl (C=O) groups is 5. The molecule has 1 fully saturated rings. The van der Waals surface area contributed by atoms with Crippen LogP contribution in [0.3, 0.4) is 0 Å². The SMILES string of the molecule is O=C(O)CNC(=O)C1(NC(=O)[C@@H](CSC(c2ccccc2)(c2ccccc2)c2ccccc2)NC(=O)CNC(=O)C[C@H](O)/C=C/CCSC(c2ccccc2)(c2ccccc2)c2ccccc2)CC1. The lowest BCUT2D eigenvalue weighted by Crippen LogP contribution is -2.57. The Morgan fingerprint density at radius 1 is 0.565 bits per heavy atom. The van der Waals surface area contributed by atoms with Crippen LogP contribution in [0.25, 0.3) is 0 Å². The minimum atomic E-state index is -1.32. The summed E-state index contributed by atoms with van der Waals surface area (Å²) in [6.45, 7) is -1.09. The molecule has 13 heteroatoms. The molecule has 0 bridgehead atoms. The smallest absolute Gasteiger partial charge is 0.322 e. The van der Waals surface area contributed by atoms with Gasteiger partial charge in [0.1, 0.15) is 18.1 Å². The summed E-state index contributed by atoms with van der Waals surface area (Å²) in [7, 11) is 0. The molecule has 2 atom stereocenters. The van der Waals surface area contributed by atoms with Crippen LogP contribution in [0.1, 0.15) is 59.1 Å². The molecule has 6 aromatic carbocycles. The molecule has 6 N–H and O–H groups in total. The third-order valence-electron chi connectivity index (χ3n) is 11.9. The molecule has 0 spiro atoms. The van der Waals surface area contributed by atoms with Crippen LogP contribution in [0.2, 0.25) is 0 Å². The Morgan fingerprint density at radius 3 is 1.36 bits per heavy atom. The number of carbonyl (C=O) groups excluding carboxylic acids is 4. The lowest BCUT2D eigenvalue weighted by Gasteiger charge is -2.36. The molecule has 1 aliphatic carbocycles. The summed E-state index contributed by atoms with van der Waals surface area (Å²) < 4.78 is -1.34. The Morgan fingerprint density at radius 2 is 0.971 bits per heavy atom. The third kappa shape index (κ3) is 12.6. The predicted octanol–water partition coefficient (Wildman–Crippen LogP) is 7.58. The van der Waals surface area contributed by atoms with Gasteiger partial charge in [0.2, 0.25) is 23.6 Å². The number of aliphatic hydroxyl groups excluding tert-OH is 1. The minimum absolute atomic E-state index is 0.0297. The van der Waals surface area contributed by atoms with Gasteiger partial charge in [0.25, 0.3) is 0 Å². The van der Waals surface area contributed by atoms with Crippen LogP contribution in [0.5, 0.6) is 0 Å². The van der Waals surface area contributed by atoms with Crippen molar-refractivity contribution in [3.63, 3.8) is 0 Å². The zero-order chi connectivity index (χ0) is 48.5. The molecule has 0 saturated heterocycles. The van der Waals surface area contributed by atoms with Gasteiger partial charge in [-0.25, -0.2) is 0 Å². The number of thioether (sulfide) groups is 2. The van der Waals surface area contributed by atoms with Crippen LogP contribution in [0, 0.1) is 0 Å². The molecule has 354 valence electrons. The normalized spacial score (nSPS) is 13.9. The van der Waals surface area contributed by atoms with Crippen LogP contribution in [-0.4, -0.2) is 82.1 Å². The van der Waals surface area contributed by atoms with E-state index in [-0.39, 0.29) is 12.2 Å². The monoisotopic (exact) mass is 960 g/mol. The molecule has 4 amide bonds. The molecule has 0 unspecified atom stereocenters. The summed E-state index contributed by atoms with van der Waals surface area (Å²) >= 11 is 3.23. The lowest BCUT2D eigenvalue weighted by atomic mass is 9.84. The number of carboxylic acid groups (broad SMARTS) is 1. The Hall–Kier alpha value is -6.93. The standard InChI is InChI=1S/C56H56N4O7S2/c61-47(33-19-20-36-68-55(41-21-7-1-8-22-41,42-23-9-2-10-24-42)43-25-11-3-12-26-43)37-49(62)57-38-50(63)59-48(52(66)60-54(34-35-54)53(67)58-39-51(64)65)40-69-56(44-27-13-4-14-28-44,45-29-15-5-16-30-45)46-31-17-6-18-32-46/h1-19,21-33,47-48,61H,20,34-40H2,(H,57,62)(H,58,67)(H,59,63)(H,60,66)(H,64,65)/b33-19+/t47-,48-/m1/s1. The predicted molar refractivity (Wildman–Crippen MR) is 273 cm³/mol. The number of rotatable bonds is 24. The molecule has 11 nitrogen and oxygen atoms in total. The van der Waals surface area contributed by atoms with Crippen LogP contribution in [-0.2, 0) is 33.5 Å². The van der Waals surface area contributed by atoms with E-state index in [0.29, 0.717) is 25.0 Å². The molecule has 0 heterocycles. The highest BCUT2D eigenvalue weighted by molar-refractivity contribution is 8.00. The molecule has 0 aliphatic heterocycles. The van der Waals surface area contributed by atoms with Crippen molar-refractivity contribution in [2.45, 2.75) is 52.9 Å². The van der Waals surface area contributed by atoms with E-state index in [1.54, 1.807) is 17.8 Å². The maximum Gasteiger partial charge on any atom is 0.322 e. The fraction of sp³-hybridized carbons (Fsp3) is 0.232. The second-order valence-corrected chi connectivity index (χ2v) is 19.3. The average molecular weight is 961 g/mol. The molecule has 69 heavy (non-hydrogen) atoms. The first-order valence-electron chi connectivity index (χ1n) is 22.9. The molecule has 0 aromatic heterocycles. The van der Waals surface area contributed by atoms with Crippen molar-refractivity contribution < 1.29 is 34.2 Å². The molecule has 0 radical (unpaired) electrons. The Bertz CT molecular complexity index is 2460. The first kappa shape index (κ1) is 50.0. The van der Waals surface area contributed by atoms with E-state index in [4.69, 9.17) is 5.11 Å². The molecule has 1 saturated carbocycles. The molecular formula is C56H56N4O7S2. The first-order chi connectivity index (χ1) is 33.6. The van der Waals surface area contributed by atoms with Crippen molar-refractivity contribution in [1.29, 1.82) is 0 Å². The average Bonchev–Trinajstić information content (AvgIpc) is 4.18. The largest absolute Gasteiger partial charge is 0.480 e. The minimum Gasteiger partial charge on any atom is -0.480 e. The summed E-state index contributed by atoms with van der Waals surface area (Å²) in [5, 5.41) is 30.6. The van der Waals surface area contributed by atoms with Gasteiger partial charge >= 0.3 is 5.97 Å². The number of aliphatic carboxylic acids is 1. The lowest BCUT2D eigenvalue weighted by molar-refractivity contribution is -0.138. The fourth-order valence-corrected chi connectivity index (χ4v) is 11.4. The summed E-state index contributed by atoms with van der Waals surface area (Å²) in [6, 6.07) is 59.5. The van der Waals surface area contributed by atoms with Gasteiger partial charge in [0.05, 0.1) is 28.6 Å². The van der Waals surface area contributed by atoms with Crippen LogP contribution in [0.4, 0.5) is 0 Å². The van der Waals surface area contributed by atoms with E-state index in [9.17, 15) is 29.1 Å². The molecular weight excluding hydrogens is 905 g/mol. The molecule has 7 rings (SSSR count). The van der Waals surface area contributed by atoms with Gasteiger partial charge < -0.3 is 31.5 Å². The number of hydrogen-bond donors (Lipinski definition) is 6. The maximum absolute atomic E-state index is 14.2. The van der Waals surface area contributed by atoms with E-state index in [1.807, 2.05) is 152 Å². The number of amides is 4. The number of benzene rings is 6. The van der Waals surface area contributed by atoms with Crippen molar-refractivity contribution >= 4 is 53.1 Å². The Balaban J connectivity index is 1.01. The van der Waals surface area contributed by atoms with Crippen molar-refractivity contribution in [2.75, 3.05) is 24.6 Å². The highest BCUT2D eigenvalue weighted by Gasteiger charge is 2.52. The maximum atomic E-state index is 14.2. The zero-order valence-electron chi connectivity index (χ0n) is 38.0. The Labute approximate surface area is 411 Å². The van der Waals surface area contributed by atoms with Crippen LogP contribution >= 0.6 is 23.5 Å². The van der Waals surface area contributed by atoms with Gasteiger partial charge in [-0.15, -0.1) is 23.5 Å². The van der Waals surface area contributed by atoms with E-state index in [0.717, 1.165) is 33.4 Å². The van der Waals surface area contributed by atoms with Gasteiger partial charge in [-0.3, -0.25) is 24.0 Å². The second-order valence-electron chi connectivity index (χ2n) is 16.8. The van der Waals surface area contributed by atoms with E-state index >= 15 is 0 Å². The van der Waals surface area contributed by atoms with Crippen molar-refractivity contribution in [3.8, 4) is 0 Å². The van der Waals surface area contributed by atoms with Gasteiger partial charge in [-0.2, -0.15) is 0 Å². The summed E-state index contributed by atoms with van der Waals surface area (Å²) in [5.41, 5.74) is 4.92. The zero-order valence-corrected chi connectivity index (χ0v) is 39.7. The number of carboxylic acids is 1. The quantitative estimate of drug-likeness (QED) is 0.0203. The van der Waals surface area contributed by atoms with Gasteiger partial charge in [0, 0.05) is 5.75 Å². The van der Waals surface area contributed by atoms with Crippen molar-refractivity contribution in [3.05, 3.63) is 228 Å². The van der Waals surface area contributed by atoms with Gasteiger partial charge in [-0.05, 0) is 58.4 Å². The summed E-state index contributed by atoms with van der Waals surface area (Å²) in [4.78, 5) is 65.3. The van der Waals surface area contributed by atoms with Crippen LogP contribution < -0.4 is 21.3 Å². The Kier molecular flexibility index (Phi) is 17.3. The number of hydrogen-bond acceptors (Lipinski definition) is 8. The second kappa shape index (κ2) is 23.9. The highest BCUT2D eigenvalue weighted by atomic mass is 32.2. The fourth-order valence-electron chi connectivity index (χ4n) is 8.40. The van der Waals surface area contributed by atoms with Crippen LogP contribution in [0.15, 0.2) is 194 Å². The number of aliphatic hydroxyl groups is 1. The molecule has 1 aliphatic rings. The highest BCUT2D eigenvalue weighted by Crippen LogP contribution is 2.50. The van der Waals surface area contributed by atoms with Gasteiger partial charge in [0.15, 0.2) is 0 Å². The van der Waals surface area contributed by atoms with Crippen molar-refractivity contribution in [1.82, 2.24) is 21.3 Å². The van der Waals surface area contributed by atoms with Gasteiger partial charge in [-0.1, -0.05) is 194 Å². The van der Waals surface area contributed by atoms with E-state index in [1.165, 1.54) is 11.8 Å². The number of nitrogens with one attached hydrogen (secondary N) is 4. The van der Waals surface area contributed by atoms with Crippen molar-refractivity contribution in [2.24, 2.45) is 0 Å². The summed E-state index contributed by atoms with van der Waals surface area (Å²) in [5.74, 6) is -2.97. The van der Waals surface area contributed by atoms with E-state index < -0.39 is 69.9 Å².